The number of rotatable bonds is 1. The summed E-state index contributed by atoms with van der Waals surface area (Å²) in [6, 6.07) is 19.6. The van der Waals surface area contributed by atoms with E-state index in [-0.39, 0.29) is 22.0 Å². The van der Waals surface area contributed by atoms with Crippen LogP contribution in [0.4, 0.5) is 0 Å². The first-order valence-corrected chi connectivity index (χ1v) is 7.60. The molecule has 0 saturated carbocycles. The van der Waals surface area contributed by atoms with Gasteiger partial charge in [0, 0.05) is 10.8 Å². The molecule has 4 heteroatoms. The Morgan fingerprint density at radius 2 is 1.52 bits per heavy atom. The lowest BCUT2D eigenvalue weighted by atomic mass is 9.96. The van der Waals surface area contributed by atoms with Gasteiger partial charge in [-0.15, -0.1) is 0 Å². The number of phenolic OH excluding ortho intramolecular Hbond substituents is 1. The second-order valence-corrected chi connectivity index (χ2v) is 5.74. The van der Waals surface area contributed by atoms with Gasteiger partial charge in [0.1, 0.15) is 23.5 Å². The molecule has 0 spiro atoms. The Morgan fingerprint density at radius 3 is 2.20 bits per heavy atom. The number of hydrogen-bond acceptors (Lipinski definition) is 4. The molecule has 0 aliphatic carbocycles. The lowest BCUT2D eigenvalue weighted by Gasteiger charge is -2.08. The van der Waals surface area contributed by atoms with Crippen molar-refractivity contribution in [1.29, 1.82) is 10.5 Å². The summed E-state index contributed by atoms with van der Waals surface area (Å²) in [5.74, 6) is 0.183. The van der Waals surface area contributed by atoms with Gasteiger partial charge in [0.15, 0.2) is 5.43 Å². The van der Waals surface area contributed by atoms with Crippen LogP contribution in [0.1, 0.15) is 0 Å². The smallest absolute Gasteiger partial charge is 0.196 e. The molecule has 0 aromatic heterocycles. The van der Waals surface area contributed by atoms with Gasteiger partial charge in [-0.3, -0.25) is 4.79 Å². The minimum absolute atomic E-state index is 0.167. The normalized spacial score (nSPS) is 10.6. The van der Waals surface area contributed by atoms with Crippen LogP contribution in [0, 0.1) is 22.7 Å². The van der Waals surface area contributed by atoms with Gasteiger partial charge >= 0.3 is 0 Å². The van der Waals surface area contributed by atoms with Crippen molar-refractivity contribution in [3.05, 3.63) is 70.0 Å². The Hall–Kier alpha value is -3.89. The molecule has 0 saturated heterocycles. The number of benzene rings is 3. The Balaban J connectivity index is 2.22. The minimum atomic E-state index is -0.290. The van der Waals surface area contributed by atoms with Crippen LogP contribution in [-0.4, -0.2) is 5.11 Å². The predicted molar refractivity (Wildman–Crippen MR) is 95.9 cm³/mol. The van der Waals surface area contributed by atoms with Gasteiger partial charge in [0.05, 0.1) is 5.22 Å². The van der Waals surface area contributed by atoms with Crippen LogP contribution in [0.25, 0.3) is 38.2 Å². The molecule has 0 radical (unpaired) electrons. The van der Waals surface area contributed by atoms with E-state index in [2.05, 4.69) is 0 Å². The van der Waals surface area contributed by atoms with E-state index in [0.717, 1.165) is 21.9 Å². The maximum atomic E-state index is 12.7. The summed E-state index contributed by atoms with van der Waals surface area (Å²) in [7, 11) is 0. The van der Waals surface area contributed by atoms with E-state index in [1.54, 1.807) is 30.3 Å². The fourth-order valence-corrected chi connectivity index (χ4v) is 3.34. The zero-order chi connectivity index (χ0) is 17.6. The average Bonchev–Trinajstić information content (AvgIpc) is 2.92. The number of hydrogen-bond donors (Lipinski definition) is 1. The zero-order valence-electron chi connectivity index (χ0n) is 12.9. The number of nitrogens with zero attached hydrogens (tertiary/aromatic N) is 2. The molecule has 4 rings (SSSR count). The lowest BCUT2D eigenvalue weighted by Crippen LogP contribution is -2.21. The van der Waals surface area contributed by atoms with E-state index in [1.165, 1.54) is 0 Å². The largest absolute Gasteiger partial charge is 0.508 e. The Kier molecular flexibility index (Phi) is 3.13. The van der Waals surface area contributed by atoms with Gasteiger partial charge in [-0.1, -0.05) is 42.5 Å². The first-order valence-electron chi connectivity index (χ1n) is 7.60. The van der Waals surface area contributed by atoms with Gasteiger partial charge in [-0.25, -0.2) is 0 Å². The molecule has 0 amide bonds. The molecule has 116 valence electrons. The maximum absolute atomic E-state index is 12.7. The molecule has 1 N–H and O–H groups in total. The number of nitriles is 2. The second kappa shape index (κ2) is 5.33. The molecule has 0 unspecified atom stereocenters. The summed E-state index contributed by atoms with van der Waals surface area (Å²) >= 11 is 0. The highest BCUT2D eigenvalue weighted by Gasteiger charge is 2.16. The van der Waals surface area contributed by atoms with Crippen molar-refractivity contribution in [2.45, 2.75) is 0 Å². The third-order valence-corrected chi connectivity index (χ3v) is 4.43. The van der Waals surface area contributed by atoms with Crippen LogP contribution in [0.3, 0.4) is 0 Å². The fraction of sp³-hybridized carbons (Fsp3) is 0. The molecule has 0 aliphatic rings. The van der Waals surface area contributed by atoms with Gasteiger partial charge in [-0.05, 0) is 34.0 Å². The molecular weight excluding hydrogens is 312 g/mol. The molecule has 25 heavy (non-hydrogen) atoms. The van der Waals surface area contributed by atoms with Crippen molar-refractivity contribution in [3.63, 3.8) is 0 Å². The molecule has 4 aromatic rings. The lowest BCUT2D eigenvalue weighted by molar-refractivity contribution is 0.475. The Bertz CT molecular complexity index is 1310. The fourth-order valence-electron chi connectivity index (χ4n) is 3.34. The zero-order valence-corrected chi connectivity index (χ0v) is 12.9. The first-order chi connectivity index (χ1) is 12.2. The molecule has 0 aliphatic heterocycles. The van der Waals surface area contributed by atoms with E-state index in [4.69, 9.17) is 0 Å². The van der Waals surface area contributed by atoms with Crippen LogP contribution >= 0.6 is 0 Å². The van der Waals surface area contributed by atoms with Crippen molar-refractivity contribution < 1.29 is 5.11 Å². The molecular formula is C21H10N2O2. The van der Waals surface area contributed by atoms with Crippen molar-refractivity contribution >= 4 is 27.1 Å². The van der Waals surface area contributed by atoms with Gasteiger partial charge in [0.2, 0.25) is 0 Å². The van der Waals surface area contributed by atoms with Crippen LogP contribution in [0.5, 0.6) is 5.75 Å². The van der Waals surface area contributed by atoms with Crippen LogP contribution in [0.15, 0.2) is 59.4 Å². The van der Waals surface area contributed by atoms with E-state index in [1.807, 2.05) is 36.4 Å². The van der Waals surface area contributed by atoms with Crippen LogP contribution < -0.4 is 10.6 Å². The second-order valence-electron chi connectivity index (χ2n) is 5.74. The highest BCUT2D eigenvalue weighted by Crippen LogP contribution is 2.33. The maximum Gasteiger partial charge on any atom is 0.196 e. The Labute approximate surface area is 142 Å². The van der Waals surface area contributed by atoms with Crippen molar-refractivity contribution in [3.8, 4) is 29.0 Å². The topological polar surface area (TPSA) is 84.9 Å². The predicted octanol–water partition coefficient (Wildman–Crippen LogP) is 3.08. The molecule has 4 nitrogen and oxygen atoms in total. The standard InChI is InChI=1S/C21H10N2O2/c22-10-13(11-23)19-17-9-8-15(12-4-6-14(24)7-5-12)16-2-1-3-18(20(16)17)21(19)25/h1-9,24H. The molecule has 0 atom stereocenters. The van der Waals surface area contributed by atoms with Gasteiger partial charge in [0.25, 0.3) is 0 Å². The summed E-state index contributed by atoms with van der Waals surface area (Å²) in [4.78, 5) is 12.7. The van der Waals surface area contributed by atoms with E-state index in [9.17, 15) is 20.4 Å². The van der Waals surface area contributed by atoms with Gasteiger partial charge < -0.3 is 5.11 Å². The molecule has 0 heterocycles. The Morgan fingerprint density at radius 1 is 0.840 bits per heavy atom. The summed E-state index contributed by atoms with van der Waals surface area (Å²) in [5, 5.41) is 30.8. The third kappa shape index (κ3) is 2.02. The summed E-state index contributed by atoms with van der Waals surface area (Å²) in [6.45, 7) is 0. The highest BCUT2D eigenvalue weighted by atomic mass is 16.3. The summed E-state index contributed by atoms with van der Waals surface area (Å²) in [6.07, 6.45) is 0. The van der Waals surface area contributed by atoms with E-state index < -0.39 is 0 Å². The number of phenols is 1. The van der Waals surface area contributed by atoms with Crippen molar-refractivity contribution in [1.82, 2.24) is 0 Å². The molecule has 0 bridgehead atoms. The van der Waals surface area contributed by atoms with Crippen molar-refractivity contribution in [2.24, 2.45) is 0 Å². The highest BCUT2D eigenvalue weighted by molar-refractivity contribution is 6.17. The molecule has 4 aromatic carbocycles. The number of aromatic hydroxyl groups is 1. The van der Waals surface area contributed by atoms with Crippen LogP contribution in [-0.2, 0) is 0 Å². The SMILES string of the molecule is N#CC(C#N)=c1c(=O)c2cccc3c(-c4ccc(O)cc4)ccc1c32. The van der Waals surface area contributed by atoms with E-state index in [0.29, 0.717) is 10.8 Å². The van der Waals surface area contributed by atoms with Gasteiger partial charge in [-0.2, -0.15) is 10.5 Å². The summed E-state index contributed by atoms with van der Waals surface area (Å²) < 4.78 is 0. The molecule has 0 fully saturated rings. The van der Waals surface area contributed by atoms with E-state index >= 15 is 0 Å². The third-order valence-electron chi connectivity index (χ3n) is 4.43. The van der Waals surface area contributed by atoms with Crippen molar-refractivity contribution in [2.75, 3.05) is 0 Å². The minimum Gasteiger partial charge on any atom is -0.508 e. The first kappa shape index (κ1) is 14.7. The summed E-state index contributed by atoms with van der Waals surface area (Å²) in [5.41, 5.74) is 1.37. The average molecular weight is 322 g/mol. The monoisotopic (exact) mass is 322 g/mol. The van der Waals surface area contributed by atoms with Crippen LogP contribution in [0.2, 0.25) is 0 Å². The quantitative estimate of drug-likeness (QED) is 0.583.